The Morgan fingerprint density at radius 2 is 1.93 bits per heavy atom. The zero-order valence-corrected chi connectivity index (χ0v) is 10.3. The molecule has 1 aliphatic carbocycles. The molecule has 2 nitrogen and oxygen atoms in total. The van der Waals surface area contributed by atoms with Crippen LogP contribution in [0.4, 0.5) is 0 Å². The monoisotopic (exact) mass is 212 g/mol. The average molecular weight is 212 g/mol. The van der Waals surface area contributed by atoms with Crippen molar-refractivity contribution in [3.05, 3.63) is 0 Å². The highest BCUT2D eigenvalue weighted by atomic mass is 16.5. The molecule has 0 aromatic rings. The van der Waals surface area contributed by atoms with E-state index >= 15 is 0 Å². The minimum atomic E-state index is -0.0307. The van der Waals surface area contributed by atoms with Crippen molar-refractivity contribution in [3.63, 3.8) is 0 Å². The molecule has 1 atom stereocenters. The van der Waals surface area contributed by atoms with Gasteiger partial charge in [0.05, 0.1) is 6.61 Å². The molecule has 0 radical (unpaired) electrons. The van der Waals surface area contributed by atoms with Crippen LogP contribution in [0.15, 0.2) is 0 Å². The Morgan fingerprint density at radius 3 is 2.47 bits per heavy atom. The van der Waals surface area contributed by atoms with Gasteiger partial charge in [0.15, 0.2) is 0 Å². The Labute approximate surface area is 93.4 Å². The van der Waals surface area contributed by atoms with Gasteiger partial charge in [0, 0.05) is 6.42 Å². The van der Waals surface area contributed by atoms with Crippen LogP contribution in [0.25, 0.3) is 0 Å². The molecule has 1 unspecified atom stereocenters. The van der Waals surface area contributed by atoms with Gasteiger partial charge in [0.1, 0.15) is 0 Å². The Bertz CT molecular complexity index is 205. The lowest BCUT2D eigenvalue weighted by Crippen LogP contribution is -2.30. The van der Waals surface area contributed by atoms with Crippen LogP contribution < -0.4 is 0 Å². The molecular formula is C13H24O2. The molecule has 0 saturated heterocycles. The molecule has 1 aliphatic rings. The topological polar surface area (TPSA) is 26.3 Å². The minimum Gasteiger partial charge on any atom is -0.466 e. The van der Waals surface area contributed by atoms with E-state index in [4.69, 9.17) is 4.74 Å². The maximum Gasteiger partial charge on any atom is 0.306 e. The zero-order valence-electron chi connectivity index (χ0n) is 10.3. The fraction of sp³-hybridized carbons (Fsp3) is 0.923. The number of hydrogen-bond donors (Lipinski definition) is 0. The molecule has 0 aliphatic heterocycles. The highest BCUT2D eigenvalue weighted by Gasteiger charge is 2.33. The Balaban J connectivity index is 2.43. The van der Waals surface area contributed by atoms with Crippen molar-refractivity contribution >= 4 is 5.97 Å². The van der Waals surface area contributed by atoms with E-state index in [1.54, 1.807) is 0 Å². The third-order valence-corrected chi connectivity index (χ3v) is 3.96. The summed E-state index contributed by atoms with van der Waals surface area (Å²) in [6.45, 7) is 6.89. The predicted octanol–water partition coefficient (Wildman–Crippen LogP) is 3.55. The van der Waals surface area contributed by atoms with Crippen molar-refractivity contribution in [2.24, 2.45) is 11.3 Å². The highest BCUT2D eigenvalue weighted by Crippen LogP contribution is 2.43. The van der Waals surface area contributed by atoms with Gasteiger partial charge in [-0.3, -0.25) is 4.79 Å². The van der Waals surface area contributed by atoms with Crippen LogP contribution in [-0.4, -0.2) is 12.6 Å². The molecular weight excluding hydrogens is 188 g/mol. The maximum atomic E-state index is 11.4. The number of hydrogen-bond acceptors (Lipinski definition) is 2. The summed E-state index contributed by atoms with van der Waals surface area (Å²) >= 11 is 0. The van der Waals surface area contributed by atoms with Gasteiger partial charge < -0.3 is 4.74 Å². The van der Waals surface area contributed by atoms with Crippen molar-refractivity contribution in [2.75, 3.05) is 6.61 Å². The quantitative estimate of drug-likeness (QED) is 0.666. The smallest absolute Gasteiger partial charge is 0.306 e. The van der Waals surface area contributed by atoms with E-state index in [0.717, 1.165) is 0 Å². The molecule has 0 bridgehead atoms. The molecule has 1 saturated carbocycles. The van der Waals surface area contributed by atoms with Gasteiger partial charge in [0.2, 0.25) is 0 Å². The predicted molar refractivity (Wildman–Crippen MR) is 61.6 cm³/mol. The molecule has 0 amide bonds. The van der Waals surface area contributed by atoms with Crippen LogP contribution in [0.5, 0.6) is 0 Å². The van der Waals surface area contributed by atoms with Gasteiger partial charge in [0.25, 0.3) is 0 Å². The summed E-state index contributed by atoms with van der Waals surface area (Å²) in [5.41, 5.74) is 0.366. The molecule has 0 aromatic carbocycles. The van der Waals surface area contributed by atoms with Crippen LogP contribution in [0, 0.1) is 11.3 Å². The minimum absolute atomic E-state index is 0.0307. The van der Waals surface area contributed by atoms with Gasteiger partial charge in [-0.2, -0.15) is 0 Å². The van der Waals surface area contributed by atoms with E-state index in [1.165, 1.54) is 32.1 Å². The third-order valence-electron chi connectivity index (χ3n) is 3.96. The summed E-state index contributed by atoms with van der Waals surface area (Å²) in [4.78, 5) is 11.4. The van der Waals surface area contributed by atoms with Gasteiger partial charge in [-0.1, -0.05) is 33.1 Å². The lowest BCUT2D eigenvalue weighted by molar-refractivity contribution is -0.145. The number of esters is 1. The summed E-state index contributed by atoms with van der Waals surface area (Å²) in [7, 11) is 0. The van der Waals surface area contributed by atoms with E-state index in [9.17, 15) is 4.79 Å². The van der Waals surface area contributed by atoms with Crippen molar-refractivity contribution < 1.29 is 9.53 Å². The van der Waals surface area contributed by atoms with Crippen LogP contribution >= 0.6 is 0 Å². The molecule has 0 N–H and O–H groups in total. The van der Waals surface area contributed by atoms with Gasteiger partial charge in [-0.25, -0.2) is 0 Å². The number of rotatable bonds is 4. The van der Waals surface area contributed by atoms with E-state index < -0.39 is 0 Å². The molecule has 0 aromatic heterocycles. The van der Waals surface area contributed by atoms with Gasteiger partial charge in [-0.15, -0.1) is 0 Å². The summed E-state index contributed by atoms with van der Waals surface area (Å²) in [6.07, 6.45) is 7.14. The lowest BCUT2D eigenvalue weighted by Gasteiger charge is -2.38. The fourth-order valence-corrected chi connectivity index (χ4v) is 2.57. The first-order valence-corrected chi connectivity index (χ1v) is 6.24. The highest BCUT2D eigenvalue weighted by molar-refractivity contribution is 5.69. The van der Waals surface area contributed by atoms with Crippen LogP contribution in [-0.2, 0) is 9.53 Å². The Kier molecular flexibility index (Phi) is 4.62. The van der Waals surface area contributed by atoms with E-state index in [-0.39, 0.29) is 5.97 Å². The zero-order chi connectivity index (χ0) is 11.3. The first-order chi connectivity index (χ1) is 7.08. The van der Waals surface area contributed by atoms with Crippen molar-refractivity contribution in [1.29, 1.82) is 0 Å². The first kappa shape index (κ1) is 12.5. The second-order valence-electron chi connectivity index (χ2n) is 5.12. The number of ether oxygens (including phenoxy) is 1. The van der Waals surface area contributed by atoms with Crippen molar-refractivity contribution in [2.45, 2.75) is 59.3 Å². The number of carbonyl (C=O) groups excluding carboxylic acids is 1. The van der Waals surface area contributed by atoms with Crippen LogP contribution in [0.1, 0.15) is 59.3 Å². The van der Waals surface area contributed by atoms with Crippen LogP contribution in [0.3, 0.4) is 0 Å². The van der Waals surface area contributed by atoms with E-state index in [1.807, 2.05) is 6.92 Å². The van der Waals surface area contributed by atoms with Crippen LogP contribution in [0.2, 0.25) is 0 Å². The second-order valence-corrected chi connectivity index (χ2v) is 5.12. The maximum absolute atomic E-state index is 11.4. The summed E-state index contributed by atoms with van der Waals surface area (Å²) in [6, 6.07) is 0. The summed E-state index contributed by atoms with van der Waals surface area (Å²) in [5.74, 6) is 0.425. The summed E-state index contributed by atoms with van der Waals surface area (Å²) < 4.78 is 5.01. The second kappa shape index (κ2) is 5.53. The SMILES string of the molecule is CCOC(=O)CC(C)C1(C)CCCCC1. The standard InChI is InChI=1S/C13H24O2/c1-4-15-12(14)10-11(2)13(3)8-6-5-7-9-13/h11H,4-10H2,1-3H3. The molecule has 15 heavy (non-hydrogen) atoms. The third kappa shape index (κ3) is 3.51. The first-order valence-electron chi connectivity index (χ1n) is 6.24. The molecule has 0 spiro atoms. The van der Waals surface area contributed by atoms with Gasteiger partial charge in [-0.05, 0) is 31.1 Å². The molecule has 2 heteroatoms. The van der Waals surface area contributed by atoms with E-state index in [0.29, 0.717) is 24.4 Å². The molecule has 1 rings (SSSR count). The fourth-order valence-electron chi connectivity index (χ4n) is 2.57. The van der Waals surface area contributed by atoms with E-state index in [2.05, 4.69) is 13.8 Å². The van der Waals surface area contributed by atoms with Crippen molar-refractivity contribution in [1.82, 2.24) is 0 Å². The van der Waals surface area contributed by atoms with Crippen molar-refractivity contribution in [3.8, 4) is 0 Å². The largest absolute Gasteiger partial charge is 0.466 e. The Morgan fingerprint density at radius 1 is 1.33 bits per heavy atom. The number of carbonyl (C=O) groups is 1. The summed E-state index contributed by atoms with van der Waals surface area (Å²) in [5, 5.41) is 0. The molecule has 88 valence electrons. The lowest BCUT2D eigenvalue weighted by atomic mass is 9.67. The molecule has 0 heterocycles. The normalized spacial score (nSPS) is 22.1. The Hall–Kier alpha value is -0.530. The molecule has 1 fully saturated rings. The van der Waals surface area contributed by atoms with Gasteiger partial charge >= 0.3 is 5.97 Å². The average Bonchev–Trinajstić information content (AvgIpc) is 2.19.